The molecule has 2 atom stereocenters. The molecule has 2 nitrogen and oxygen atoms in total. The molecular weight excluding hydrogens is 194 g/mol. The first-order chi connectivity index (χ1) is 6.86. The van der Waals surface area contributed by atoms with Gasteiger partial charge < -0.3 is 10.4 Å². The fourth-order valence-corrected chi connectivity index (χ4v) is 2.71. The van der Waals surface area contributed by atoms with Crippen molar-refractivity contribution in [2.24, 2.45) is 5.92 Å². The first-order valence-corrected chi connectivity index (χ1v) is 5.91. The van der Waals surface area contributed by atoms with Crippen LogP contribution < -0.4 is 5.32 Å². The van der Waals surface area contributed by atoms with Gasteiger partial charge in [0.1, 0.15) is 0 Å². The predicted octanol–water partition coefficient (Wildman–Crippen LogP) is 1.36. The van der Waals surface area contributed by atoms with Crippen LogP contribution in [-0.4, -0.2) is 30.1 Å². The van der Waals surface area contributed by atoms with E-state index in [1.54, 1.807) is 0 Å². The van der Waals surface area contributed by atoms with Gasteiger partial charge in [0, 0.05) is 29.7 Å². The number of aliphatic hydroxyl groups is 1. The van der Waals surface area contributed by atoms with Gasteiger partial charge in [-0.05, 0) is 12.1 Å². The van der Waals surface area contributed by atoms with Gasteiger partial charge in [0.25, 0.3) is 0 Å². The van der Waals surface area contributed by atoms with Crippen LogP contribution in [0.3, 0.4) is 0 Å². The molecule has 1 aliphatic heterocycles. The molecule has 1 heterocycles. The van der Waals surface area contributed by atoms with Crippen molar-refractivity contribution in [3.63, 3.8) is 0 Å². The Labute approximate surface area is 88.7 Å². The van der Waals surface area contributed by atoms with Crippen molar-refractivity contribution >= 4 is 11.8 Å². The number of thioether (sulfide) groups is 1. The highest BCUT2D eigenvalue weighted by atomic mass is 32.2. The molecule has 3 heteroatoms. The molecule has 0 bridgehead atoms. The Hall–Kier alpha value is -0.510. The van der Waals surface area contributed by atoms with Crippen molar-refractivity contribution in [3.8, 4) is 0 Å². The number of hydrogen-bond acceptors (Lipinski definition) is 3. The normalized spacial score (nSPS) is 26.6. The zero-order chi connectivity index (χ0) is 9.80. The van der Waals surface area contributed by atoms with Gasteiger partial charge in [-0.1, -0.05) is 18.2 Å². The summed E-state index contributed by atoms with van der Waals surface area (Å²) in [5.74, 6) is 1.40. The highest BCUT2D eigenvalue weighted by molar-refractivity contribution is 7.99. The molecule has 0 saturated carbocycles. The van der Waals surface area contributed by atoms with Crippen LogP contribution in [0.2, 0.25) is 0 Å². The van der Waals surface area contributed by atoms with Crippen LogP contribution in [0.15, 0.2) is 35.2 Å². The van der Waals surface area contributed by atoms with Crippen LogP contribution in [-0.2, 0) is 0 Å². The van der Waals surface area contributed by atoms with Gasteiger partial charge in [-0.15, -0.1) is 11.8 Å². The third-order valence-corrected chi connectivity index (χ3v) is 3.71. The van der Waals surface area contributed by atoms with E-state index in [9.17, 15) is 5.11 Å². The topological polar surface area (TPSA) is 32.3 Å². The average molecular weight is 209 g/mol. The van der Waals surface area contributed by atoms with Crippen molar-refractivity contribution in [3.05, 3.63) is 30.3 Å². The van der Waals surface area contributed by atoms with Crippen LogP contribution in [0, 0.1) is 5.92 Å². The van der Waals surface area contributed by atoms with Crippen molar-refractivity contribution < 1.29 is 5.11 Å². The summed E-state index contributed by atoms with van der Waals surface area (Å²) in [5.41, 5.74) is 0. The van der Waals surface area contributed by atoms with E-state index in [0.29, 0.717) is 5.92 Å². The van der Waals surface area contributed by atoms with Crippen molar-refractivity contribution in [1.82, 2.24) is 5.32 Å². The smallest absolute Gasteiger partial charge is 0.0712 e. The lowest BCUT2D eigenvalue weighted by Gasteiger charge is -2.12. The van der Waals surface area contributed by atoms with Gasteiger partial charge >= 0.3 is 0 Å². The second-order valence-corrected chi connectivity index (χ2v) is 4.70. The summed E-state index contributed by atoms with van der Waals surface area (Å²) < 4.78 is 0. The maximum absolute atomic E-state index is 9.59. The number of rotatable bonds is 3. The van der Waals surface area contributed by atoms with E-state index < -0.39 is 0 Å². The lowest BCUT2D eigenvalue weighted by atomic mass is 10.1. The molecule has 2 N–H and O–H groups in total. The van der Waals surface area contributed by atoms with Gasteiger partial charge in [-0.3, -0.25) is 0 Å². The maximum atomic E-state index is 9.59. The van der Waals surface area contributed by atoms with Gasteiger partial charge in [0.05, 0.1) is 6.10 Å². The standard InChI is InChI=1S/C11H15NOS/c13-11-7-12-6-9(11)8-14-10-4-2-1-3-5-10/h1-5,9,11-13H,6-8H2. The molecule has 0 amide bonds. The molecule has 1 saturated heterocycles. The van der Waals surface area contributed by atoms with Crippen molar-refractivity contribution in [2.45, 2.75) is 11.0 Å². The number of nitrogens with one attached hydrogen (secondary N) is 1. The lowest BCUT2D eigenvalue weighted by Crippen LogP contribution is -2.19. The molecular formula is C11H15NOS. The Morgan fingerprint density at radius 2 is 2.07 bits per heavy atom. The zero-order valence-corrected chi connectivity index (χ0v) is 8.83. The lowest BCUT2D eigenvalue weighted by molar-refractivity contribution is 0.158. The number of β-amino-alcohol motifs (C(OH)–C–C–N with tert-alkyl or cyclic N) is 1. The molecule has 1 aliphatic rings. The van der Waals surface area contributed by atoms with Gasteiger partial charge in [0.2, 0.25) is 0 Å². The Morgan fingerprint density at radius 3 is 2.71 bits per heavy atom. The van der Waals surface area contributed by atoms with Crippen molar-refractivity contribution in [1.29, 1.82) is 0 Å². The average Bonchev–Trinajstić information content (AvgIpc) is 2.63. The monoisotopic (exact) mass is 209 g/mol. The van der Waals surface area contributed by atoms with Crippen LogP contribution in [0.4, 0.5) is 0 Å². The Bertz CT molecular complexity index is 278. The summed E-state index contributed by atoms with van der Waals surface area (Å²) in [6.45, 7) is 1.70. The molecule has 1 aromatic rings. The highest BCUT2D eigenvalue weighted by Crippen LogP contribution is 2.22. The molecule has 76 valence electrons. The van der Waals surface area contributed by atoms with E-state index in [1.807, 2.05) is 30.0 Å². The maximum Gasteiger partial charge on any atom is 0.0712 e. The van der Waals surface area contributed by atoms with Crippen LogP contribution >= 0.6 is 11.8 Å². The largest absolute Gasteiger partial charge is 0.391 e. The van der Waals surface area contributed by atoms with E-state index in [1.165, 1.54) is 4.90 Å². The fraction of sp³-hybridized carbons (Fsp3) is 0.455. The van der Waals surface area contributed by atoms with E-state index >= 15 is 0 Å². The summed E-state index contributed by atoms with van der Waals surface area (Å²) in [5, 5.41) is 12.8. The minimum Gasteiger partial charge on any atom is -0.391 e. The number of benzene rings is 1. The SMILES string of the molecule is OC1CNCC1CSc1ccccc1. The molecule has 14 heavy (non-hydrogen) atoms. The minimum atomic E-state index is -0.161. The van der Waals surface area contributed by atoms with Crippen molar-refractivity contribution in [2.75, 3.05) is 18.8 Å². The second-order valence-electron chi connectivity index (χ2n) is 3.61. The molecule has 0 aliphatic carbocycles. The molecule has 0 aromatic heterocycles. The van der Waals surface area contributed by atoms with E-state index in [4.69, 9.17) is 0 Å². The van der Waals surface area contributed by atoms with Crippen LogP contribution in [0.25, 0.3) is 0 Å². The zero-order valence-electron chi connectivity index (χ0n) is 8.02. The third-order valence-electron chi connectivity index (χ3n) is 2.51. The first kappa shape index (κ1) is 10.0. The van der Waals surface area contributed by atoms with E-state index in [0.717, 1.165) is 18.8 Å². The molecule has 0 spiro atoms. The molecule has 1 fully saturated rings. The summed E-state index contributed by atoms with van der Waals surface area (Å²) in [6, 6.07) is 10.3. The molecule has 1 aromatic carbocycles. The van der Waals surface area contributed by atoms with E-state index in [-0.39, 0.29) is 6.10 Å². The van der Waals surface area contributed by atoms with Gasteiger partial charge in [-0.25, -0.2) is 0 Å². The molecule has 2 unspecified atom stereocenters. The summed E-state index contributed by atoms with van der Waals surface area (Å²) in [7, 11) is 0. The molecule has 2 rings (SSSR count). The van der Waals surface area contributed by atoms with Crippen LogP contribution in [0.1, 0.15) is 0 Å². The Balaban J connectivity index is 1.82. The summed E-state index contributed by atoms with van der Waals surface area (Å²) in [4.78, 5) is 1.28. The second kappa shape index (κ2) is 4.82. The third kappa shape index (κ3) is 2.50. The fourth-order valence-electron chi connectivity index (χ4n) is 1.61. The first-order valence-electron chi connectivity index (χ1n) is 4.93. The number of hydrogen-bond donors (Lipinski definition) is 2. The minimum absolute atomic E-state index is 0.161. The predicted molar refractivity (Wildman–Crippen MR) is 59.5 cm³/mol. The van der Waals surface area contributed by atoms with E-state index in [2.05, 4.69) is 17.4 Å². The summed E-state index contributed by atoms with van der Waals surface area (Å²) >= 11 is 1.82. The van der Waals surface area contributed by atoms with Gasteiger partial charge in [-0.2, -0.15) is 0 Å². The highest BCUT2D eigenvalue weighted by Gasteiger charge is 2.24. The molecule has 0 radical (unpaired) electrons. The number of aliphatic hydroxyl groups excluding tert-OH is 1. The van der Waals surface area contributed by atoms with Gasteiger partial charge in [0.15, 0.2) is 0 Å². The summed E-state index contributed by atoms with van der Waals surface area (Å²) in [6.07, 6.45) is -0.161. The quantitative estimate of drug-likeness (QED) is 0.737. The Kier molecular flexibility index (Phi) is 3.45. The van der Waals surface area contributed by atoms with Crippen LogP contribution in [0.5, 0.6) is 0 Å². The Morgan fingerprint density at radius 1 is 1.29 bits per heavy atom.